The predicted molar refractivity (Wildman–Crippen MR) is 467 cm³/mol. The number of halogens is 9. The zero-order valence-electron chi connectivity index (χ0n) is 75.9. The zero-order valence-corrected chi connectivity index (χ0v) is 75.9. The topological polar surface area (TPSA) is 316 Å². The number of hydrogen-bond acceptors (Lipinski definition) is 22. The van der Waals surface area contributed by atoms with Crippen LogP contribution in [0.25, 0.3) is 0 Å². The Morgan fingerprint density at radius 3 is 1.08 bits per heavy atom. The van der Waals surface area contributed by atoms with Gasteiger partial charge in [-0.15, -0.1) is 0 Å². The first-order chi connectivity index (χ1) is 63.3. The third-order valence-corrected chi connectivity index (χ3v) is 25.7. The van der Waals surface area contributed by atoms with E-state index < -0.39 is 111 Å². The molecular formula is C97H119F9N8O19. The molecular weight excluding hydrogens is 1750 g/mol. The molecule has 133 heavy (non-hydrogen) atoms. The van der Waals surface area contributed by atoms with Gasteiger partial charge < -0.3 is 78.1 Å². The fourth-order valence-corrected chi connectivity index (χ4v) is 18.3. The van der Waals surface area contributed by atoms with Crippen molar-refractivity contribution in [1.82, 2.24) is 40.6 Å². The molecule has 0 saturated carbocycles. The van der Waals surface area contributed by atoms with Crippen molar-refractivity contribution in [3.05, 3.63) is 231 Å². The molecule has 6 aromatic carbocycles. The number of aromatic nitrogens is 2. The maximum Gasteiger partial charge on any atom is 0.509 e. The Morgan fingerprint density at radius 1 is 0.429 bits per heavy atom. The lowest BCUT2D eigenvalue weighted by atomic mass is 9.74. The Morgan fingerprint density at radius 2 is 0.767 bits per heavy atom. The molecule has 5 N–H and O–H groups in total. The van der Waals surface area contributed by atoms with Crippen molar-refractivity contribution in [2.45, 2.75) is 221 Å². The molecule has 27 nitrogen and oxygen atoms in total. The van der Waals surface area contributed by atoms with Crippen LogP contribution in [-0.4, -0.2) is 195 Å². The molecule has 3 amide bonds. The molecule has 724 valence electrons. The number of likely N-dealkylation sites (tertiary alicyclic amines) is 3. The molecule has 9 atom stereocenters. The number of H-pyrrole nitrogens is 1. The highest BCUT2D eigenvalue weighted by atomic mass is 19.4. The van der Waals surface area contributed by atoms with E-state index in [1.165, 1.54) is 0 Å². The smallest absolute Gasteiger partial charge is 0.481 e. The van der Waals surface area contributed by atoms with Gasteiger partial charge in [-0.1, -0.05) is 126 Å². The van der Waals surface area contributed by atoms with Gasteiger partial charge in [0.05, 0.1) is 127 Å². The number of aliphatic carboxylic acids is 1. The van der Waals surface area contributed by atoms with E-state index in [-0.39, 0.29) is 90.6 Å². The van der Waals surface area contributed by atoms with E-state index in [0.717, 1.165) is 58.8 Å². The van der Waals surface area contributed by atoms with Crippen LogP contribution in [0.15, 0.2) is 158 Å². The minimum Gasteiger partial charge on any atom is -0.481 e. The van der Waals surface area contributed by atoms with Gasteiger partial charge in [0, 0.05) is 64.3 Å². The first kappa shape index (κ1) is 103. The van der Waals surface area contributed by atoms with Crippen molar-refractivity contribution in [2.24, 2.45) is 0 Å². The number of imidazole rings is 1. The van der Waals surface area contributed by atoms with E-state index in [1.54, 1.807) is 79.4 Å². The Balaban J connectivity index is 0.000000192. The standard InChI is InChI=1S/C33H39F3N4O5.C32H41F3N2O7.C32H39F3N2O7/c1-23-15-25(17-27(16-23)33(34,35)36)24(2)44-20-32(26-7-4-3-5-8-26)13-12-31(11-10-29(41)39-31)19-40(32)22-45-30(42)43-14-6-9-28-18-37-21-38-28;1-23-17-25(19-27(18-23)32(33,34)35)24(2)43-21-31(26-7-5-4-6-8-26)12-11-30(10-9-28(38)36-30)20-37(31)22-44-29(39)42-16-15-41-14-13-40-3;1-22-16-24(18-26(17-22)32(33,34)35)23(2)43-20-31(25-8-4-3-5-9-25)14-13-30(12-11-27(38)36-30)19-37(31)21-44-29(41)42-15-7-6-10-28(39)40/h3-5,7-8,15-18,21,24H,6,9-14,19-20,22H2,1-2H3,(H,37,38)(H,39,41);4-8,17-19,24H,9-16,20-22H2,1-3H3,(H,36,38);3-5,8-9,16-18,23H,6-7,10-15,19-21H2,1-2H3,(H,36,38)(H,39,40)/t24-,31-,32-;24-,30-,31-;23-,30-,31-/m111/s1. The summed E-state index contributed by atoms with van der Waals surface area (Å²) in [6.07, 6.45) is -6.17. The van der Waals surface area contributed by atoms with E-state index in [4.69, 9.17) is 57.2 Å². The molecule has 3 spiro atoms. The van der Waals surface area contributed by atoms with Crippen LogP contribution in [0.5, 0.6) is 0 Å². The summed E-state index contributed by atoms with van der Waals surface area (Å²) < 4.78 is 184. The molecule has 0 bridgehead atoms. The number of ether oxygens (including phenoxy) is 11. The third-order valence-electron chi connectivity index (χ3n) is 25.7. The maximum absolute atomic E-state index is 13.6. The highest BCUT2D eigenvalue weighted by Gasteiger charge is 2.56. The summed E-state index contributed by atoms with van der Waals surface area (Å²) in [5.41, 5.74) is 0.128. The number of aryl methyl sites for hydroxylation is 4. The van der Waals surface area contributed by atoms with E-state index in [1.807, 2.05) is 106 Å². The number of nitrogens with one attached hydrogen (secondary N) is 4. The number of piperidine rings is 3. The number of nitrogens with zero attached hydrogens (tertiary/aromatic N) is 4. The number of carboxylic acid groups (broad SMARTS) is 1. The third kappa shape index (κ3) is 28.2. The second-order valence-electron chi connectivity index (χ2n) is 35.3. The van der Waals surface area contributed by atoms with Crippen LogP contribution < -0.4 is 16.0 Å². The molecule has 7 heterocycles. The van der Waals surface area contributed by atoms with Gasteiger partial charge in [-0.05, 0) is 195 Å². The largest absolute Gasteiger partial charge is 0.509 e. The summed E-state index contributed by atoms with van der Waals surface area (Å²) in [5.74, 6) is -1.04. The molecule has 0 unspecified atom stereocenters. The molecule has 13 rings (SSSR count). The first-order valence-electron chi connectivity index (χ1n) is 44.7. The van der Waals surface area contributed by atoms with Crippen molar-refractivity contribution in [2.75, 3.05) is 106 Å². The van der Waals surface area contributed by atoms with E-state index in [9.17, 15) is 73.1 Å². The second-order valence-corrected chi connectivity index (χ2v) is 35.3. The van der Waals surface area contributed by atoms with E-state index in [0.29, 0.717) is 169 Å². The Labute approximate surface area is 767 Å². The molecule has 7 aromatic rings. The Hall–Kier alpha value is -10.7. The van der Waals surface area contributed by atoms with Gasteiger partial charge in [0.15, 0.2) is 0 Å². The minimum absolute atomic E-state index is 0.00338. The summed E-state index contributed by atoms with van der Waals surface area (Å²) >= 11 is 0. The van der Waals surface area contributed by atoms with Crippen molar-refractivity contribution in [1.29, 1.82) is 0 Å². The normalized spacial score (nSPS) is 22.9. The summed E-state index contributed by atoms with van der Waals surface area (Å²) in [4.78, 5) is 98.1. The summed E-state index contributed by atoms with van der Waals surface area (Å²) in [6.45, 7) is 12.1. The number of rotatable bonds is 36. The van der Waals surface area contributed by atoms with E-state index >= 15 is 0 Å². The zero-order chi connectivity index (χ0) is 95.8. The highest BCUT2D eigenvalue weighted by Crippen LogP contribution is 2.50. The number of alkyl halides is 9. The molecule has 0 aliphatic carbocycles. The fourth-order valence-electron chi connectivity index (χ4n) is 18.3. The van der Waals surface area contributed by atoms with Crippen molar-refractivity contribution in [3.63, 3.8) is 0 Å². The van der Waals surface area contributed by atoms with Crippen LogP contribution in [0.3, 0.4) is 0 Å². The lowest BCUT2D eigenvalue weighted by molar-refractivity contribution is -0.138. The van der Waals surface area contributed by atoms with Crippen LogP contribution in [-0.2, 0) is 113 Å². The van der Waals surface area contributed by atoms with Gasteiger partial charge in [-0.3, -0.25) is 33.9 Å². The monoisotopic (exact) mass is 1870 g/mol. The lowest BCUT2D eigenvalue weighted by Gasteiger charge is -2.52. The van der Waals surface area contributed by atoms with Crippen molar-refractivity contribution in [3.8, 4) is 0 Å². The van der Waals surface area contributed by atoms with Gasteiger partial charge in [0.1, 0.15) is 26.8 Å². The van der Waals surface area contributed by atoms with E-state index in [2.05, 4.69) is 25.9 Å². The average molecular weight is 1870 g/mol. The van der Waals surface area contributed by atoms with Crippen molar-refractivity contribution < 1.29 is 130 Å². The van der Waals surface area contributed by atoms with Crippen molar-refractivity contribution >= 4 is 42.2 Å². The lowest BCUT2D eigenvalue weighted by Crippen LogP contribution is -2.64. The number of aromatic amines is 1. The molecule has 1 aromatic heterocycles. The first-order valence-corrected chi connectivity index (χ1v) is 44.7. The Kier molecular flexibility index (Phi) is 35.6. The van der Waals surface area contributed by atoms with Crippen LogP contribution >= 0.6 is 0 Å². The number of benzene rings is 6. The van der Waals surface area contributed by atoms with Crippen LogP contribution in [0.4, 0.5) is 53.9 Å². The number of methoxy groups -OCH3 is 1. The van der Waals surface area contributed by atoms with Gasteiger partial charge in [0.25, 0.3) is 0 Å². The Bertz CT molecular complexity index is 5010. The SMILES string of the molecule is COCCOCCOC(=O)OCN1C[C@@]2(CCC(=O)N2)CC[C@@]1(CO[C@H](C)c1cc(C)cc(C(F)(F)F)c1)c1ccccc1.Cc1cc([C@@H](C)OC[C@@]2(c3ccccc3)CC[C@]3(CCC(=O)N3)CN2COC(=O)OCCCCC(=O)O)cc(C(F)(F)F)c1.Cc1cc([C@@H](C)OC[C@@]2(c3ccccc3)CC[C@]3(CCC(=O)N3)CN2COC(=O)OCCCc2cnc[nH]2)cc(C(F)(F)F)c1. The minimum atomic E-state index is -4.49. The summed E-state index contributed by atoms with van der Waals surface area (Å²) in [6, 6.07) is 40.5. The number of hydrogen-bond donors (Lipinski definition) is 5. The van der Waals surface area contributed by atoms with Gasteiger partial charge in [-0.2, -0.15) is 39.5 Å². The van der Waals surface area contributed by atoms with Gasteiger partial charge in [0.2, 0.25) is 17.7 Å². The second kappa shape index (κ2) is 46.0. The summed E-state index contributed by atoms with van der Waals surface area (Å²) in [5, 5.41) is 18.1. The molecule has 6 fully saturated rings. The number of unbranched alkanes of at least 4 members (excludes halogenated alkanes) is 1. The van der Waals surface area contributed by atoms with Crippen LogP contribution in [0, 0.1) is 20.8 Å². The van der Waals surface area contributed by atoms with Gasteiger partial charge in [-0.25, -0.2) is 19.4 Å². The van der Waals surface area contributed by atoms with Gasteiger partial charge >= 0.3 is 43.0 Å². The molecule has 0 radical (unpaired) electrons. The molecule has 36 heteroatoms. The summed E-state index contributed by atoms with van der Waals surface area (Å²) in [7, 11) is 1.56. The quantitative estimate of drug-likeness (QED) is 0.0105. The number of carbonyl (C=O) groups excluding carboxylic acids is 6. The molecule has 6 aliphatic rings. The fraction of sp³-hybridized carbons (Fsp3) is 0.526. The number of carbonyl (C=O) groups is 7. The highest BCUT2D eigenvalue weighted by molar-refractivity contribution is 5.80. The number of amides is 3. The van der Waals surface area contributed by atoms with Crippen LogP contribution in [0.1, 0.15) is 214 Å². The predicted octanol–water partition coefficient (Wildman–Crippen LogP) is 17.8. The average Bonchev–Trinajstić information content (AvgIpc) is 1.70. The molecule has 6 aliphatic heterocycles. The van der Waals surface area contributed by atoms with Crippen LogP contribution in [0.2, 0.25) is 0 Å². The maximum atomic E-state index is 13.6. The number of carboxylic acids is 1. The molecule has 6 saturated heterocycles.